The van der Waals surface area contributed by atoms with Gasteiger partial charge < -0.3 is 25.0 Å². The van der Waals surface area contributed by atoms with Crippen molar-refractivity contribution in [3.8, 4) is 5.75 Å². The number of rotatable bonds is 4. The molecule has 1 fully saturated rings. The third-order valence-corrected chi connectivity index (χ3v) is 3.95. The van der Waals surface area contributed by atoms with E-state index in [4.69, 9.17) is 10.5 Å². The fraction of sp³-hybridized carbons (Fsp3) is 0.556. The maximum absolute atomic E-state index is 14.0. The Morgan fingerprint density at radius 1 is 1.21 bits per heavy atom. The molecule has 2 N–H and O–H groups in total. The molecule has 1 aliphatic heterocycles. The average molecular weight is 402 g/mol. The van der Waals surface area contributed by atoms with Crippen molar-refractivity contribution < 1.29 is 27.4 Å². The smallest absolute Gasteiger partial charge is 0.410 e. The second kappa shape index (κ2) is 9.03. The van der Waals surface area contributed by atoms with Crippen LogP contribution in [0.4, 0.5) is 18.0 Å². The average Bonchev–Trinajstić information content (AvgIpc) is 2.59. The molecule has 0 atom stereocenters. The van der Waals surface area contributed by atoms with Gasteiger partial charge in [0.2, 0.25) is 0 Å². The standard InChI is InChI=1S/C18H25F3N4O3/c1-18(2,3)28-17(26)25-9-7-24(8-10-25)16(22)23-11-12-13(19)5-4-6-14(12)27-15(20)21/h4-6,15H,7-11H2,1-3H3,(H2,22,23). The van der Waals surface area contributed by atoms with Crippen molar-refractivity contribution in [3.63, 3.8) is 0 Å². The minimum Gasteiger partial charge on any atom is -0.444 e. The highest BCUT2D eigenvalue weighted by molar-refractivity contribution is 5.78. The molecule has 0 aliphatic carbocycles. The number of nitrogens with two attached hydrogens (primary N) is 1. The van der Waals surface area contributed by atoms with Crippen LogP contribution < -0.4 is 10.5 Å². The van der Waals surface area contributed by atoms with Crippen molar-refractivity contribution in [3.05, 3.63) is 29.6 Å². The molecule has 0 spiro atoms. The van der Waals surface area contributed by atoms with Gasteiger partial charge in [-0.05, 0) is 32.9 Å². The minimum absolute atomic E-state index is 0.0989. The van der Waals surface area contributed by atoms with Crippen LogP contribution in [0.15, 0.2) is 23.2 Å². The summed E-state index contributed by atoms with van der Waals surface area (Å²) in [7, 11) is 0. The summed E-state index contributed by atoms with van der Waals surface area (Å²) in [6, 6.07) is 3.66. The number of alkyl halides is 2. The van der Waals surface area contributed by atoms with Crippen LogP contribution in [-0.2, 0) is 11.3 Å². The number of hydrogen-bond acceptors (Lipinski definition) is 4. The topological polar surface area (TPSA) is 80.4 Å². The third kappa shape index (κ3) is 6.21. The van der Waals surface area contributed by atoms with Crippen molar-refractivity contribution >= 4 is 12.1 Å². The van der Waals surface area contributed by atoms with Crippen molar-refractivity contribution in [2.75, 3.05) is 26.2 Å². The first-order chi connectivity index (χ1) is 13.1. The second-order valence-corrected chi connectivity index (χ2v) is 7.22. The molecule has 1 amide bonds. The van der Waals surface area contributed by atoms with E-state index < -0.39 is 24.1 Å². The van der Waals surface area contributed by atoms with Gasteiger partial charge in [0.25, 0.3) is 0 Å². The molecule has 0 aromatic heterocycles. The highest BCUT2D eigenvalue weighted by Gasteiger charge is 2.26. The van der Waals surface area contributed by atoms with Gasteiger partial charge in [-0.2, -0.15) is 8.78 Å². The number of piperazine rings is 1. The molecule has 0 bridgehead atoms. The lowest BCUT2D eigenvalue weighted by atomic mass is 10.2. The Bertz CT molecular complexity index is 715. The quantitative estimate of drug-likeness (QED) is 0.619. The highest BCUT2D eigenvalue weighted by Crippen LogP contribution is 2.24. The van der Waals surface area contributed by atoms with Crippen LogP contribution in [0.2, 0.25) is 0 Å². The maximum Gasteiger partial charge on any atom is 0.410 e. The molecule has 1 aromatic rings. The zero-order valence-electron chi connectivity index (χ0n) is 16.1. The minimum atomic E-state index is -3.07. The zero-order chi connectivity index (χ0) is 20.9. The van der Waals surface area contributed by atoms with Crippen LogP contribution in [0.5, 0.6) is 5.75 Å². The molecule has 0 radical (unpaired) electrons. The van der Waals surface area contributed by atoms with E-state index in [1.165, 1.54) is 12.1 Å². The van der Waals surface area contributed by atoms with Crippen LogP contribution in [0.3, 0.4) is 0 Å². The summed E-state index contributed by atoms with van der Waals surface area (Å²) in [5.41, 5.74) is 5.27. The number of carbonyl (C=O) groups excluding carboxylic acids is 1. The van der Waals surface area contributed by atoms with Gasteiger partial charge in [0.05, 0.1) is 12.1 Å². The normalized spacial score (nSPS) is 15.8. The van der Waals surface area contributed by atoms with E-state index in [-0.39, 0.29) is 23.8 Å². The lowest BCUT2D eigenvalue weighted by molar-refractivity contribution is -0.0506. The number of halogens is 3. The summed E-state index contributed by atoms with van der Waals surface area (Å²) in [6.45, 7) is 3.70. The molecule has 156 valence electrons. The van der Waals surface area contributed by atoms with Gasteiger partial charge in [0.15, 0.2) is 5.96 Å². The van der Waals surface area contributed by atoms with E-state index in [1.54, 1.807) is 30.6 Å². The van der Waals surface area contributed by atoms with Crippen LogP contribution in [-0.4, -0.2) is 60.2 Å². The number of nitrogens with zero attached hydrogens (tertiary/aromatic N) is 3. The predicted octanol–water partition coefficient (Wildman–Crippen LogP) is 2.79. The molecule has 7 nitrogen and oxygen atoms in total. The first kappa shape index (κ1) is 21.6. The van der Waals surface area contributed by atoms with Gasteiger partial charge in [-0.25, -0.2) is 14.2 Å². The molecule has 28 heavy (non-hydrogen) atoms. The Balaban J connectivity index is 1.96. The summed E-state index contributed by atoms with van der Waals surface area (Å²) in [4.78, 5) is 19.5. The van der Waals surface area contributed by atoms with Gasteiger partial charge in [-0.3, -0.25) is 0 Å². The van der Waals surface area contributed by atoms with Crippen LogP contribution >= 0.6 is 0 Å². The molecule has 2 rings (SSSR count). The highest BCUT2D eigenvalue weighted by atomic mass is 19.3. The molecule has 1 saturated heterocycles. The van der Waals surface area contributed by atoms with Gasteiger partial charge in [0, 0.05) is 26.2 Å². The summed E-state index contributed by atoms with van der Waals surface area (Å²) in [6.07, 6.45) is -0.400. The number of guanidine groups is 1. The van der Waals surface area contributed by atoms with Gasteiger partial charge in [0.1, 0.15) is 17.2 Å². The van der Waals surface area contributed by atoms with E-state index in [0.29, 0.717) is 26.2 Å². The number of benzene rings is 1. The Morgan fingerprint density at radius 2 is 1.82 bits per heavy atom. The fourth-order valence-electron chi connectivity index (χ4n) is 2.60. The van der Waals surface area contributed by atoms with Crippen LogP contribution in [0.1, 0.15) is 26.3 Å². The summed E-state index contributed by atoms with van der Waals surface area (Å²) in [5.74, 6) is -0.846. The maximum atomic E-state index is 14.0. The predicted molar refractivity (Wildman–Crippen MR) is 97.7 cm³/mol. The number of aliphatic imine (C=N–C) groups is 1. The Morgan fingerprint density at radius 3 is 2.39 bits per heavy atom. The Labute approximate surface area is 161 Å². The lowest BCUT2D eigenvalue weighted by Gasteiger charge is -2.36. The lowest BCUT2D eigenvalue weighted by Crippen LogP contribution is -2.53. The number of hydrogen-bond donors (Lipinski definition) is 1. The van der Waals surface area contributed by atoms with Crippen LogP contribution in [0.25, 0.3) is 0 Å². The number of ether oxygens (including phenoxy) is 2. The van der Waals surface area contributed by atoms with Crippen molar-refractivity contribution in [2.45, 2.75) is 39.5 Å². The second-order valence-electron chi connectivity index (χ2n) is 7.22. The summed E-state index contributed by atoms with van der Waals surface area (Å²) >= 11 is 0. The van der Waals surface area contributed by atoms with Crippen molar-refractivity contribution in [1.82, 2.24) is 9.80 Å². The van der Waals surface area contributed by atoms with Gasteiger partial charge >= 0.3 is 12.7 Å². The number of carbonyl (C=O) groups is 1. The third-order valence-electron chi connectivity index (χ3n) is 3.95. The molecule has 10 heteroatoms. The molecular weight excluding hydrogens is 377 g/mol. The zero-order valence-corrected chi connectivity index (χ0v) is 16.1. The molecular formula is C18H25F3N4O3. The van der Waals surface area contributed by atoms with E-state index in [9.17, 15) is 18.0 Å². The summed E-state index contributed by atoms with van der Waals surface area (Å²) < 4.78 is 48.6. The van der Waals surface area contributed by atoms with Crippen molar-refractivity contribution in [2.24, 2.45) is 10.7 Å². The number of amides is 1. The van der Waals surface area contributed by atoms with Crippen LogP contribution in [0, 0.1) is 5.82 Å². The van der Waals surface area contributed by atoms with E-state index >= 15 is 0 Å². The largest absolute Gasteiger partial charge is 0.444 e. The van der Waals surface area contributed by atoms with Gasteiger partial charge in [-0.15, -0.1) is 0 Å². The Hall–Kier alpha value is -2.65. The fourth-order valence-corrected chi connectivity index (χ4v) is 2.60. The first-order valence-electron chi connectivity index (χ1n) is 8.82. The molecule has 1 aliphatic rings. The Kier molecular flexibility index (Phi) is 6.98. The summed E-state index contributed by atoms with van der Waals surface area (Å²) in [5, 5.41) is 0. The molecule has 0 saturated carbocycles. The molecule has 1 heterocycles. The van der Waals surface area contributed by atoms with E-state index in [0.717, 1.165) is 6.07 Å². The van der Waals surface area contributed by atoms with Crippen molar-refractivity contribution in [1.29, 1.82) is 0 Å². The SMILES string of the molecule is CC(C)(C)OC(=O)N1CCN(C(N)=NCc2c(F)cccc2OC(F)F)CC1. The molecule has 1 aromatic carbocycles. The first-order valence-corrected chi connectivity index (χ1v) is 8.82. The van der Waals surface area contributed by atoms with E-state index in [2.05, 4.69) is 9.73 Å². The monoisotopic (exact) mass is 402 g/mol. The molecule has 0 unspecified atom stereocenters. The van der Waals surface area contributed by atoms with E-state index in [1.807, 2.05) is 0 Å². The van der Waals surface area contributed by atoms with Gasteiger partial charge in [-0.1, -0.05) is 6.07 Å².